The Morgan fingerprint density at radius 2 is 2.17 bits per heavy atom. The first-order chi connectivity index (χ1) is 11.4. The largest absolute Gasteiger partial charge is 0.343 e. The van der Waals surface area contributed by atoms with Crippen LogP contribution in [0.1, 0.15) is 17.8 Å². The van der Waals surface area contributed by atoms with E-state index < -0.39 is 0 Å². The summed E-state index contributed by atoms with van der Waals surface area (Å²) in [5.74, 6) is 1.41. The van der Waals surface area contributed by atoms with Gasteiger partial charge in [0.1, 0.15) is 5.69 Å². The van der Waals surface area contributed by atoms with Crippen molar-refractivity contribution < 1.29 is 0 Å². The molecule has 3 aromatic rings. The summed E-state index contributed by atoms with van der Waals surface area (Å²) < 4.78 is 0. The highest BCUT2D eigenvalue weighted by Crippen LogP contribution is 2.22. The second-order valence-electron chi connectivity index (χ2n) is 5.90. The summed E-state index contributed by atoms with van der Waals surface area (Å²) >= 11 is 1.66. The van der Waals surface area contributed by atoms with Crippen molar-refractivity contribution in [3.63, 3.8) is 0 Å². The van der Waals surface area contributed by atoms with Gasteiger partial charge >= 0.3 is 0 Å². The third-order valence-electron chi connectivity index (χ3n) is 4.18. The molecule has 1 aliphatic rings. The summed E-state index contributed by atoms with van der Waals surface area (Å²) in [5.41, 5.74) is 4.92. The maximum atomic E-state index is 4.55. The number of imidazole rings is 1. The van der Waals surface area contributed by atoms with E-state index in [0.29, 0.717) is 5.92 Å². The van der Waals surface area contributed by atoms with Crippen LogP contribution in [0.25, 0.3) is 11.5 Å². The minimum atomic E-state index is 0.650. The number of likely N-dealkylation sites (tertiary alicyclic amines) is 1. The van der Waals surface area contributed by atoms with E-state index in [2.05, 4.69) is 35.2 Å². The van der Waals surface area contributed by atoms with Crippen LogP contribution in [0.4, 0.5) is 0 Å². The van der Waals surface area contributed by atoms with Crippen LogP contribution >= 0.6 is 11.3 Å². The van der Waals surface area contributed by atoms with Crippen LogP contribution in [0.5, 0.6) is 0 Å². The van der Waals surface area contributed by atoms with Crippen LogP contribution in [-0.4, -0.2) is 42.9 Å². The Balaban J connectivity index is 1.34. The second kappa shape index (κ2) is 6.55. The minimum absolute atomic E-state index is 0.650. The van der Waals surface area contributed by atoms with Gasteiger partial charge in [-0.25, -0.2) is 15.0 Å². The molecule has 6 nitrogen and oxygen atoms in total. The van der Waals surface area contributed by atoms with Crippen LogP contribution in [0.3, 0.4) is 0 Å². The number of nitrogens with one attached hydrogen (secondary N) is 1. The maximum absolute atomic E-state index is 4.55. The topological polar surface area (TPSA) is 70.6 Å². The molecule has 0 radical (unpaired) electrons. The van der Waals surface area contributed by atoms with Crippen LogP contribution in [0.2, 0.25) is 0 Å². The van der Waals surface area contributed by atoms with Crippen molar-refractivity contribution in [2.24, 2.45) is 5.92 Å². The Labute approximate surface area is 138 Å². The van der Waals surface area contributed by atoms with Gasteiger partial charge in [0.25, 0.3) is 0 Å². The molecule has 0 spiro atoms. The second-order valence-corrected chi connectivity index (χ2v) is 6.62. The third-order valence-corrected chi connectivity index (χ3v) is 4.82. The van der Waals surface area contributed by atoms with Gasteiger partial charge in [0.15, 0.2) is 5.82 Å². The molecule has 4 heterocycles. The number of thiazole rings is 1. The molecular formula is C16H18N6S. The van der Waals surface area contributed by atoms with Gasteiger partial charge in [0, 0.05) is 37.1 Å². The number of nitrogens with zero attached hydrogens (tertiary/aromatic N) is 5. The zero-order valence-electron chi connectivity index (χ0n) is 12.7. The van der Waals surface area contributed by atoms with Crippen molar-refractivity contribution in [1.29, 1.82) is 0 Å². The van der Waals surface area contributed by atoms with Gasteiger partial charge in [0.2, 0.25) is 0 Å². The number of aromatic nitrogens is 5. The SMILES string of the molecule is c1c[nH]c(-c2cnc(CC3CCN(Cc4cscn4)C3)cn2)n1. The van der Waals surface area contributed by atoms with Crippen LogP contribution in [-0.2, 0) is 13.0 Å². The Hall–Kier alpha value is -2.12. The Morgan fingerprint density at radius 3 is 2.91 bits per heavy atom. The van der Waals surface area contributed by atoms with E-state index >= 15 is 0 Å². The van der Waals surface area contributed by atoms with Gasteiger partial charge in [-0.2, -0.15) is 0 Å². The molecule has 118 valence electrons. The summed E-state index contributed by atoms with van der Waals surface area (Å²) in [7, 11) is 0. The highest BCUT2D eigenvalue weighted by Gasteiger charge is 2.23. The Bertz CT molecular complexity index is 723. The normalized spacial score (nSPS) is 18.5. The summed E-state index contributed by atoms with van der Waals surface area (Å²) in [5, 5.41) is 2.13. The van der Waals surface area contributed by atoms with Crippen molar-refractivity contribution in [3.05, 3.63) is 47.1 Å². The first-order valence-electron chi connectivity index (χ1n) is 7.77. The Morgan fingerprint density at radius 1 is 1.17 bits per heavy atom. The third kappa shape index (κ3) is 3.46. The lowest BCUT2D eigenvalue weighted by Crippen LogP contribution is -2.20. The van der Waals surface area contributed by atoms with Crippen molar-refractivity contribution >= 4 is 11.3 Å². The quantitative estimate of drug-likeness (QED) is 0.779. The summed E-state index contributed by atoms with van der Waals surface area (Å²) in [4.78, 5) is 23.1. The minimum Gasteiger partial charge on any atom is -0.343 e. The van der Waals surface area contributed by atoms with Crippen LogP contribution in [0, 0.1) is 5.92 Å². The predicted octanol–water partition coefficient (Wildman–Crippen LogP) is 2.39. The van der Waals surface area contributed by atoms with Gasteiger partial charge in [0.05, 0.1) is 23.1 Å². The van der Waals surface area contributed by atoms with Crippen molar-refractivity contribution in [2.75, 3.05) is 13.1 Å². The summed E-state index contributed by atoms with van der Waals surface area (Å²) in [6.45, 7) is 3.21. The highest BCUT2D eigenvalue weighted by molar-refractivity contribution is 7.07. The monoisotopic (exact) mass is 326 g/mol. The van der Waals surface area contributed by atoms with E-state index in [1.807, 2.05) is 11.7 Å². The fourth-order valence-electron chi connectivity index (χ4n) is 3.05. The molecule has 0 saturated carbocycles. The molecule has 0 bridgehead atoms. The highest BCUT2D eigenvalue weighted by atomic mass is 32.1. The van der Waals surface area contributed by atoms with E-state index in [-0.39, 0.29) is 0 Å². The molecule has 1 aliphatic heterocycles. The lowest BCUT2D eigenvalue weighted by atomic mass is 10.0. The Kier molecular flexibility index (Phi) is 4.12. The van der Waals surface area contributed by atoms with Gasteiger partial charge in [-0.3, -0.25) is 9.88 Å². The molecule has 1 atom stereocenters. The average Bonchev–Trinajstić information content (AvgIpc) is 3.31. The van der Waals surface area contributed by atoms with Crippen molar-refractivity contribution in [1.82, 2.24) is 29.8 Å². The molecule has 0 amide bonds. The number of rotatable bonds is 5. The van der Waals surface area contributed by atoms with E-state index in [1.54, 1.807) is 29.9 Å². The molecule has 1 N–H and O–H groups in total. The first kappa shape index (κ1) is 14.5. The van der Waals surface area contributed by atoms with Gasteiger partial charge in [-0.15, -0.1) is 11.3 Å². The lowest BCUT2D eigenvalue weighted by molar-refractivity contribution is 0.313. The zero-order valence-corrected chi connectivity index (χ0v) is 13.5. The smallest absolute Gasteiger partial charge is 0.157 e. The lowest BCUT2D eigenvalue weighted by Gasteiger charge is -2.14. The fourth-order valence-corrected chi connectivity index (χ4v) is 3.60. The average molecular weight is 326 g/mol. The van der Waals surface area contributed by atoms with Crippen molar-refractivity contribution in [2.45, 2.75) is 19.4 Å². The number of aromatic amines is 1. The molecular weight excluding hydrogens is 308 g/mol. The molecule has 1 unspecified atom stereocenters. The standard InChI is InChI=1S/C16H18N6S/c1-4-22(9-14-10-23-11-21-14)8-12(1)5-13-6-20-15(7-19-13)16-17-2-3-18-16/h2-3,6-7,10-12H,1,4-5,8-9H2,(H,17,18). The first-order valence-corrected chi connectivity index (χ1v) is 8.71. The van der Waals surface area contributed by atoms with E-state index in [9.17, 15) is 0 Å². The van der Waals surface area contributed by atoms with E-state index in [4.69, 9.17) is 0 Å². The number of hydrogen-bond acceptors (Lipinski definition) is 6. The van der Waals surface area contributed by atoms with Gasteiger partial charge < -0.3 is 4.98 Å². The van der Waals surface area contributed by atoms with Crippen LogP contribution < -0.4 is 0 Å². The van der Waals surface area contributed by atoms with Crippen LogP contribution in [0.15, 0.2) is 35.7 Å². The summed E-state index contributed by atoms with van der Waals surface area (Å²) in [6, 6.07) is 0. The molecule has 3 aromatic heterocycles. The number of hydrogen-bond donors (Lipinski definition) is 1. The van der Waals surface area contributed by atoms with Crippen molar-refractivity contribution in [3.8, 4) is 11.5 Å². The zero-order chi connectivity index (χ0) is 15.5. The summed E-state index contributed by atoms with van der Waals surface area (Å²) in [6.07, 6.45) is 9.39. The molecule has 0 aliphatic carbocycles. The van der Waals surface area contributed by atoms with Gasteiger partial charge in [-0.05, 0) is 25.3 Å². The van der Waals surface area contributed by atoms with E-state index in [0.717, 1.165) is 43.3 Å². The molecule has 4 rings (SSSR count). The maximum Gasteiger partial charge on any atom is 0.157 e. The van der Waals surface area contributed by atoms with E-state index in [1.165, 1.54) is 12.1 Å². The molecule has 7 heteroatoms. The number of H-pyrrole nitrogens is 1. The fraction of sp³-hybridized carbons (Fsp3) is 0.375. The molecule has 0 aromatic carbocycles. The molecule has 23 heavy (non-hydrogen) atoms. The molecule has 1 saturated heterocycles. The predicted molar refractivity (Wildman–Crippen MR) is 88.8 cm³/mol. The van der Waals surface area contributed by atoms with Gasteiger partial charge in [-0.1, -0.05) is 0 Å². The molecule has 1 fully saturated rings.